The number of likely N-dealkylation sites (tertiary alicyclic amines) is 2. The van der Waals surface area contributed by atoms with E-state index in [-0.39, 0.29) is 23.6 Å². The van der Waals surface area contributed by atoms with Crippen molar-refractivity contribution in [3.63, 3.8) is 0 Å². The number of hydrogen-bond donors (Lipinski definition) is 1. The molecular formula is C29H42F3N3O8. The van der Waals surface area contributed by atoms with E-state index in [9.17, 15) is 22.8 Å². The number of carbonyl (C=O) groups is 3. The summed E-state index contributed by atoms with van der Waals surface area (Å²) in [6, 6.07) is 4.02. The summed E-state index contributed by atoms with van der Waals surface area (Å²) in [6.45, 7) is 5.39. The van der Waals surface area contributed by atoms with Gasteiger partial charge in [-0.3, -0.25) is 9.69 Å². The van der Waals surface area contributed by atoms with Gasteiger partial charge in [-0.05, 0) is 19.3 Å². The number of amides is 2. The molecule has 0 aromatic heterocycles. The molecule has 1 atom stereocenters. The summed E-state index contributed by atoms with van der Waals surface area (Å²) in [5, 5.41) is 7.12. The highest BCUT2D eigenvalue weighted by atomic mass is 19.4. The zero-order chi connectivity index (χ0) is 31.9. The van der Waals surface area contributed by atoms with Crippen molar-refractivity contribution in [3.8, 4) is 17.2 Å². The number of likely N-dealkylation sites (N-methyl/N-ethyl adjacent to an activating group) is 1. The van der Waals surface area contributed by atoms with Gasteiger partial charge in [0.05, 0.1) is 27.4 Å². The van der Waals surface area contributed by atoms with E-state index in [1.807, 2.05) is 16.8 Å². The van der Waals surface area contributed by atoms with E-state index in [1.54, 1.807) is 33.5 Å². The maximum absolute atomic E-state index is 13.5. The average Bonchev–Trinajstić information content (AvgIpc) is 3.22. The molecule has 1 aromatic carbocycles. The summed E-state index contributed by atoms with van der Waals surface area (Å²) in [4.78, 5) is 41.0. The first-order valence-electron chi connectivity index (χ1n) is 14.4. The molecule has 0 bridgehead atoms. The Morgan fingerprint density at radius 2 is 1.56 bits per heavy atom. The summed E-state index contributed by atoms with van der Waals surface area (Å²) >= 11 is 0. The van der Waals surface area contributed by atoms with Gasteiger partial charge >= 0.3 is 18.2 Å². The van der Waals surface area contributed by atoms with Crippen molar-refractivity contribution in [1.82, 2.24) is 14.7 Å². The van der Waals surface area contributed by atoms with E-state index in [2.05, 4.69) is 11.8 Å². The third-order valence-electron chi connectivity index (χ3n) is 8.57. The van der Waals surface area contributed by atoms with Crippen LogP contribution in [0.5, 0.6) is 17.2 Å². The molecular weight excluding hydrogens is 575 g/mol. The summed E-state index contributed by atoms with van der Waals surface area (Å²) in [6.07, 6.45) is 1.53. The minimum absolute atomic E-state index is 0.0814. The first-order chi connectivity index (χ1) is 20.3. The summed E-state index contributed by atoms with van der Waals surface area (Å²) in [7, 11) is 6.55. The average molecular weight is 618 g/mol. The van der Waals surface area contributed by atoms with Gasteiger partial charge in [-0.1, -0.05) is 19.8 Å². The number of aliphatic carboxylic acids is 1. The number of piperidine rings is 2. The minimum atomic E-state index is -5.08. The molecule has 4 rings (SSSR count). The number of carboxylic acids is 1. The monoisotopic (exact) mass is 617 g/mol. The first-order valence-corrected chi connectivity index (χ1v) is 14.4. The number of nitrogens with zero attached hydrogens (tertiary/aromatic N) is 3. The Morgan fingerprint density at radius 1 is 1.02 bits per heavy atom. The normalized spacial score (nSPS) is 20.7. The van der Waals surface area contributed by atoms with Crippen molar-refractivity contribution >= 4 is 18.0 Å². The van der Waals surface area contributed by atoms with Gasteiger partial charge in [-0.15, -0.1) is 0 Å². The van der Waals surface area contributed by atoms with Crippen LogP contribution in [0, 0.1) is 0 Å². The van der Waals surface area contributed by atoms with Crippen LogP contribution in [0.2, 0.25) is 0 Å². The molecule has 0 radical (unpaired) electrons. The van der Waals surface area contributed by atoms with Gasteiger partial charge in [0.1, 0.15) is 28.4 Å². The Labute approximate surface area is 249 Å². The highest BCUT2D eigenvalue weighted by Crippen LogP contribution is 2.41. The van der Waals surface area contributed by atoms with E-state index in [1.165, 1.54) is 0 Å². The molecule has 0 aliphatic carbocycles. The molecule has 1 aromatic rings. The van der Waals surface area contributed by atoms with E-state index in [0.717, 1.165) is 58.0 Å². The van der Waals surface area contributed by atoms with Crippen molar-refractivity contribution in [2.45, 2.75) is 75.7 Å². The Bertz CT molecular complexity index is 1110. The van der Waals surface area contributed by atoms with Gasteiger partial charge in [0.25, 0.3) is 5.91 Å². The number of carboxylic acid groups (broad SMARTS) is 1. The van der Waals surface area contributed by atoms with E-state index < -0.39 is 12.1 Å². The van der Waals surface area contributed by atoms with Crippen LogP contribution in [0.3, 0.4) is 0 Å². The van der Waals surface area contributed by atoms with E-state index in [4.69, 9.17) is 28.8 Å². The van der Waals surface area contributed by atoms with Crippen molar-refractivity contribution < 1.29 is 51.6 Å². The molecule has 3 aliphatic heterocycles. The predicted octanol–water partition coefficient (Wildman–Crippen LogP) is 4.43. The first kappa shape index (κ1) is 34.1. The lowest BCUT2D eigenvalue weighted by atomic mass is 9.81. The van der Waals surface area contributed by atoms with Crippen LogP contribution in [0.1, 0.15) is 62.2 Å². The molecule has 3 aliphatic rings. The molecule has 3 heterocycles. The highest BCUT2D eigenvalue weighted by Gasteiger charge is 2.53. The Kier molecular flexibility index (Phi) is 11.4. The third kappa shape index (κ3) is 7.76. The minimum Gasteiger partial charge on any atom is -0.496 e. The van der Waals surface area contributed by atoms with Gasteiger partial charge in [-0.25, -0.2) is 9.59 Å². The van der Waals surface area contributed by atoms with Crippen LogP contribution in [0.4, 0.5) is 18.0 Å². The third-order valence-corrected chi connectivity index (χ3v) is 8.57. The Hall–Kier alpha value is -3.42. The van der Waals surface area contributed by atoms with Crippen molar-refractivity contribution in [3.05, 3.63) is 17.7 Å². The lowest BCUT2D eigenvalue weighted by Crippen LogP contribution is -2.55. The molecule has 11 nitrogen and oxygen atoms in total. The molecule has 3 fully saturated rings. The summed E-state index contributed by atoms with van der Waals surface area (Å²) in [5.74, 6) is -1.35. The second-order valence-electron chi connectivity index (χ2n) is 11.0. The molecule has 242 valence electrons. The number of methoxy groups -OCH3 is 3. The zero-order valence-corrected chi connectivity index (χ0v) is 25.4. The number of carbonyl (C=O) groups excluding carboxylic acids is 2. The number of alkyl halides is 3. The number of unbranched alkanes of at least 4 members (excludes halogenated alkanes) is 1. The van der Waals surface area contributed by atoms with Gasteiger partial charge in [0.2, 0.25) is 0 Å². The quantitative estimate of drug-likeness (QED) is 0.452. The second kappa shape index (κ2) is 14.4. The SMILES string of the molecule is CCCCC1N(C)C(=O)OC12CCN(C1CCN(C(=O)c3c(OC)cc(OC)cc3OC)CC1)CC2.O=C(O)C(F)(F)F. The predicted molar refractivity (Wildman–Crippen MR) is 150 cm³/mol. The molecule has 1 N–H and O–H groups in total. The van der Waals surface area contributed by atoms with Crippen LogP contribution in [-0.2, 0) is 9.53 Å². The maximum atomic E-state index is 13.5. The smallest absolute Gasteiger partial charge is 0.490 e. The number of halogens is 3. The second-order valence-corrected chi connectivity index (χ2v) is 11.0. The molecule has 43 heavy (non-hydrogen) atoms. The maximum Gasteiger partial charge on any atom is 0.490 e. The highest BCUT2D eigenvalue weighted by molar-refractivity contribution is 6.00. The Balaban J connectivity index is 0.000000646. The lowest BCUT2D eigenvalue weighted by Gasteiger charge is -2.46. The van der Waals surface area contributed by atoms with Gasteiger partial charge in [0.15, 0.2) is 0 Å². The van der Waals surface area contributed by atoms with Crippen LogP contribution in [0.15, 0.2) is 12.1 Å². The van der Waals surface area contributed by atoms with Crippen LogP contribution >= 0.6 is 0 Å². The number of rotatable bonds is 8. The molecule has 1 spiro atoms. The van der Waals surface area contributed by atoms with Gasteiger partial charge in [0, 0.05) is 64.2 Å². The molecule has 1 unspecified atom stereocenters. The van der Waals surface area contributed by atoms with E-state index in [0.29, 0.717) is 41.9 Å². The molecule has 2 amide bonds. The Morgan fingerprint density at radius 3 is 2.00 bits per heavy atom. The topological polar surface area (TPSA) is 118 Å². The fourth-order valence-corrected chi connectivity index (χ4v) is 6.16. The summed E-state index contributed by atoms with van der Waals surface area (Å²) < 4.78 is 54.0. The van der Waals surface area contributed by atoms with Crippen molar-refractivity contribution in [1.29, 1.82) is 0 Å². The van der Waals surface area contributed by atoms with Gasteiger partial charge < -0.3 is 33.9 Å². The number of benzene rings is 1. The fourth-order valence-electron chi connectivity index (χ4n) is 6.16. The zero-order valence-electron chi connectivity index (χ0n) is 25.4. The van der Waals surface area contributed by atoms with Gasteiger partial charge in [-0.2, -0.15) is 13.2 Å². The standard InChI is InChI=1S/C27H41N3O6.C2HF3O2/c1-6-7-8-23-27(36-26(32)28(23)2)11-15-29(16-12-27)19-9-13-30(14-10-19)25(31)24-21(34-4)17-20(33-3)18-22(24)35-5;3-2(4,5)1(6)7/h17-19,23H,6-16H2,1-5H3;(H,6,7). The number of ether oxygens (including phenoxy) is 4. The van der Waals surface area contributed by atoms with Crippen molar-refractivity contribution in [2.75, 3.05) is 54.6 Å². The van der Waals surface area contributed by atoms with E-state index >= 15 is 0 Å². The van der Waals surface area contributed by atoms with Crippen molar-refractivity contribution in [2.24, 2.45) is 0 Å². The summed E-state index contributed by atoms with van der Waals surface area (Å²) in [5.41, 5.74) is 0.0831. The number of hydrogen-bond acceptors (Lipinski definition) is 8. The fraction of sp³-hybridized carbons (Fsp3) is 0.690. The molecule has 3 saturated heterocycles. The molecule has 14 heteroatoms. The van der Waals surface area contributed by atoms with Crippen LogP contribution in [0.25, 0.3) is 0 Å². The lowest BCUT2D eigenvalue weighted by molar-refractivity contribution is -0.192. The van der Waals surface area contributed by atoms with Crippen LogP contribution in [-0.4, -0.2) is 116 Å². The largest absolute Gasteiger partial charge is 0.496 e. The molecule has 0 saturated carbocycles. The van der Waals surface area contributed by atoms with Crippen LogP contribution < -0.4 is 14.2 Å².